The van der Waals surface area contributed by atoms with Crippen LogP contribution in [0, 0.1) is 0 Å². The molecule has 1 fully saturated rings. The Labute approximate surface area is 201 Å². The third kappa shape index (κ3) is 5.69. The molecule has 1 aliphatic rings. The fraction of sp³-hybridized carbons (Fsp3) is 0.321. The van der Waals surface area contributed by atoms with Crippen LogP contribution < -0.4 is 14.4 Å². The van der Waals surface area contributed by atoms with E-state index in [1.807, 2.05) is 78.6 Å². The molecule has 6 heteroatoms. The van der Waals surface area contributed by atoms with Gasteiger partial charge < -0.3 is 24.0 Å². The van der Waals surface area contributed by atoms with Crippen LogP contribution in [-0.2, 0) is 18.0 Å². The van der Waals surface area contributed by atoms with Crippen LogP contribution in [0.5, 0.6) is 11.5 Å². The molecule has 4 rings (SSSR count). The number of nitrogens with zero attached hydrogens (tertiary/aromatic N) is 2. The molecule has 0 unspecified atom stereocenters. The van der Waals surface area contributed by atoms with Gasteiger partial charge in [0.1, 0.15) is 11.5 Å². The maximum absolute atomic E-state index is 13.3. The first kappa shape index (κ1) is 23.6. The maximum atomic E-state index is 13.3. The molecule has 0 saturated carbocycles. The predicted molar refractivity (Wildman–Crippen MR) is 134 cm³/mol. The van der Waals surface area contributed by atoms with Gasteiger partial charge in [0.2, 0.25) is 0 Å². The van der Waals surface area contributed by atoms with Crippen LogP contribution in [0.2, 0.25) is 0 Å². The SMILES string of the molecule is CCOc1ccc(C(=O)N2CCN(c3ccccc3OC)CC2)cc1COCc1ccccc1. The Morgan fingerprint density at radius 2 is 1.59 bits per heavy atom. The Balaban J connectivity index is 1.41. The fourth-order valence-corrected chi connectivity index (χ4v) is 4.20. The van der Waals surface area contributed by atoms with Crippen molar-refractivity contribution in [1.29, 1.82) is 0 Å². The number of hydrogen-bond donors (Lipinski definition) is 0. The van der Waals surface area contributed by atoms with Crippen LogP contribution in [0.1, 0.15) is 28.4 Å². The maximum Gasteiger partial charge on any atom is 0.253 e. The number of amides is 1. The zero-order chi connectivity index (χ0) is 23.8. The highest BCUT2D eigenvalue weighted by Crippen LogP contribution is 2.29. The van der Waals surface area contributed by atoms with Gasteiger partial charge in [-0.3, -0.25) is 4.79 Å². The summed E-state index contributed by atoms with van der Waals surface area (Å²) in [6.45, 7) is 6.24. The molecular weight excluding hydrogens is 428 g/mol. The van der Waals surface area contributed by atoms with Gasteiger partial charge in [-0.2, -0.15) is 0 Å². The summed E-state index contributed by atoms with van der Waals surface area (Å²) < 4.78 is 17.2. The Hall–Kier alpha value is -3.51. The Kier molecular flexibility index (Phi) is 8.04. The molecule has 0 radical (unpaired) electrons. The number of carbonyl (C=O) groups excluding carboxylic acids is 1. The minimum Gasteiger partial charge on any atom is -0.495 e. The Morgan fingerprint density at radius 1 is 0.853 bits per heavy atom. The van der Waals surface area contributed by atoms with Gasteiger partial charge in [-0.25, -0.2) is 0 Å². The van der Waals surface area contributed by atoms with Crippen LogP contribution in [0.15, 0.2) is 72.8 Å². The predicted octanol–water partition coefficient (Wildman–Crippen LogP) is 4.77. The fourth-order valence-electron chi connectivity index (χ4n) is 4.20. The van der Waals surface area contributed by atoms with Crippen molar-refractivity contribution in [2.75, 3.05) is 44.8 Å². The normalized spacial score (nSPS) is 13.6. The molecule has 6 nitrogen and oxygen atoms in total. The van der Waals surface area contributed by atoms with E-state index in [1.54, 1.807) is 7.11 Å². The molecule has 1 aliphatic heterocycles. The summed E-state index contributed by atoms with van der Waals surface area (Å²) in [7, 11) is 1.69. The first-order valence-corrected chi connectivity index (χ1v) is 11.7. The number of ether oxygens (including phenoxy) is 3. The smallest absolute Gasteiger partial charge is 0.253 e. The zero-order valence-corrected chi connectivity index (χ0v) is 19.9. The van der Waals surface area contributed by atoms with Crippen molar-refractivity contribution < 1.29 is 19.0 Å². The molecule has 0 aromatic heterocycles. The van der Waals surface area contributed by atoms with E-state index in [4.69, 9.17) is 14.2 Å². The highest BCUT2D eigenvalue weighted by molar-refractivity contribution is 5.94. The van der Waals surface area contributed by atoms with Gasteiger partial charge in [-0.15, -0.1) is 0 Å². The molecule has 0 atom stereocenters. The van der Waals surface area contributed by atoms with Crippen molar-refractivity contribution >= 4 is 11.6 Å². The molecule has 34 heavy (non-hydrogen) atoms. The van der Waals surface area contributed by atoms with Crippen molar-refractivity contribution in [3.05, 3.63) is 89.5 Å². The lowest BCUT2D eigenvalue weighted by Gasteiger charge is -2.36. The van der Waals surface area contributed by atoms with Crippen LogP contribution in [0.25, 0.3) is 0 Å². The van der Waals surface area contributed by atoms with Gasteiger partial charge in [-0.1, -0.05) is 42.5 Å². The second-order valence-corrected chi connectivity index (χ2v) is 8.19. The highest BCUT2D eigenvalue weighted by atomic mass is 16.5. The van der Waals surface area contributed by atoms with Gasteiger partial charge in [0.15, 0.2) is 0 Å². The second-order valence-electron chi connectivity index (χ2n) is 8.19. The Bertz CT molecular complexity index is 1080. The topological polar surface area (TPSA) is 51.2 Å². The first-order valence-electron chi connectivity index (χ1n) is 11.7. The summed E-state index contributed by atoms with van der Waals surface area (Å²) in [5, 5.41) is 0. The monoisotopic (exact) mass is 460 g/mol. The molecule has 178 valence electrons. The van der Waals surface area contributed by atoms with E-state index in [1.165, 1.54) is 0 Å². The van der Waals surface area contributed by atoms with E-state index in [0.29, 0.717) is 38.5 Å². The summed E-state index contributed by atoms with van der Waals surface area (Å²) in [5.74, 6) is 1.65. The van der Waals surface area contributed by atoms with Crippen molar-refractivity contribution in [2.24, 2.45) is 0 Å². The number of piperazine rings is 1. The third-order valence-corrected chi connectivity index (χ3v) is 5.97. The molecule has 1 amide bonds. The summed E-state index contributed by atoms with van der Waals surface area (Å²) in [6.07, 6.45) is 0. The van der Waals surface area contributed by atoms with Crippen molar-refractivity contribution in [1.82, 2.24) is 4.90 Å². The summed E-state index contributed by atoms with van der Waals surface area (Å²) in [5.41, 5.74) is 3.72. The van der Waals surface area contributed by atoms with Crippen LogP contribution in [0.3, 0.4) is 0 Å². The largest absolute Gasteiger partial charge is 0.495 e. The minimum atomic E-state index is 0.0343. The van der Waals surface area contributed by atoms with E-state index in [9.17, 15) is 4.79 Å². The average molecular weight is 461 g/mol. The lowest BCUT2D eigenvalue weighted by Crippen LogP contribution is -2.48. The quantitative estimate of drug-likeness (QED) is 0.460. The zero-order valence-electron chi connectivity index (χ0n) is 19.9. The van der Waals surface area contributed by atoms with E-state index < -0.39 is 0 Å². The number of methoxy groups -OCH3 is 1. The van der Waals surface area contributed by atoms with Crippen LogP contribution in [0.4, 0.5) is 5.69 Å². The molecular formula is C28H32N2O4. The number of para-hydroxylation sites is 2. The summed E-state index contributed by atoms with van der Waals surface area (Å²) in [4.78, 5) is 17.5. The third-order valence-electron chi connectivity index (χ3n) is 5.97. The van der Waals surface area contributed by atoms with Gasteiger partial charge >= 0.3 is 0 Å². The molecule has 0 bridgehead atoms. The van der Waals surface area contributed by atoms with Gasteiger partial charge in [0, 0.05) is 37.3 Å². The average Bonchev–Trinajstić information content (AvgIpc) is 2.90. The van der Waals surface area contributed by atoms with Gasteiger partial charge in [0.25, 0.3) is 5.91 Å². The molecule has 3 aromatic carbocycles. The lowest BCUT2D eigenvalue weighted by atomic mass is 10.1. The standard InChI is InChI=1S/C28H32N2O4/c1-3-34-26-14-13-23(19-24(26)21-33-20-22-9-5-4-6-10-22)28(31)30-17-15-29(16-18-30)25-11-7-8-12-27(25)32-2/h4-14,19H,3,15-18,20-21H2,1-2H3. The Morgan fingerprint density at radius 3 is 2.32 bits per heavy atom. The van der Waals surface area contributed by atoms with Crippen LogP contribution in [-0.4, -0.2) is 50.7 Å². The number of benzene rings is 3. The second kappa shape index (κ2) is 11.6. The van der Waals surface area contributed by atoms with E-state index in [0.717, 1.165) is 41.4 Å². The highest BCUT2D eigenvalue weighted by Gasteiger charge is 2.24. The van der Waals surface area contributed by atoms with E-state index in [-0.39, 0.29) is 5.91 Å². The van der Waals surface area contributed by atoms with Crippen LogP contribution >= 0.6 is 0 Å². The minimum absolute atomic E-state index is 0.0343. The van der Waals surface area contributed by atoms with E-state index in [2.05, 4.69) is 11.0 Å². The van der Waals surface area contributed by atoms with Crippen molar-refractivity contribution in [3.63, 3.8) is 0 Å². The molecule has 0 N–H and O–H groups in total. The number of rotatable bonds is 9. The molecule has 0 aliphatic carbocycles. The molecule has 1 heterocycles. The van der Waals surface area contributed by atoms with E-state index >= 15 is 0 Å². The number of carbonyl (C=O) groups is 1. The van der Waals surface area contributed by atoms with Crippen molar-refractivity contribution in [2.45, 2.75) is 20.1 Å². The van der Waals surface area contributed by atoms with Crippen molar-refractivity contribution in [3.8, 4) is 11.5 Å². The first-order chi connectivity index (χ1) is 16.7. The van der Waals surface area contributed by atoms with Gasteiger partial charge in [0.05, 0.1) is 32.6 Å². The molecule has 3 aromatic rings. The summed E-state index contributed by atoms with van der Waals surface area (Å²) in [6, 6.07) is 23.7. The summed E-state index contributed by atoms with van der Waals surface area (Å²) >= 11 is 0. The lowest BCUT2D eigenvalue weighted by molar-refractivity contribution is 0.0745. The molecule has 0 spiro atoms. The number of anilines is 1. The van der Waals surface area contributed by atoms with Gasteiger partial charge in [-0.05, 0) is 42.8 Å². The number of hydrogen-bond acceptors (Lipinski definition) is 5. The molecule has 1 saturated heterocycles.